The van der Waals surface area contributed by atoms with Crippen LogP contribution in [0.1, 0.15) is 24.3 Å². The Bertz CT molecular complexity index is 536. The summed E-state index contributed by atoms with van der Waals surface area (Å²) in [6.45, 7) is 4.48. The van der Waals surface area contributed by atoms with Crippen LogP contribution in [0, 0.1) is 6.92 Å². The van der Waals surface area contributed by atoms with Crippen molar-refractivity contribution in [2.45, 2.75) is 32.4 Å². The van der Waals surface area contributed by atoms with Gasteiger partial charge in [-0.2, -0.15) is 11.3 Å². The maximum atomic E-state index is 9.70. The number of oxazole rings is 1. The third kappa shape index (κ3) is 2.88. The summed E-state index contributed by atoms with van der Waals surface area (Å²) >= 11 is 1.64. The quantitative estimate of drug-likeness (QED) is 0.937. The molecule has 0 spiro atoms. The van der Waals surface area contributed by atoms with Crippen molar-refractivity contribution in [3.63, 3.8) is 0 Å². The predicted molar refractivity (Wildman–Crippen MR) is 75.1 cm³/mol. The normalized spacial score (nSPS) is 20.8. The number of rotatable bonds is 3. The van der Waals surface area contributed by atoms with Crippen molar-refractivity contribution in [3.05, 3.63) is 28.3 Å². The summed E-state index contributed by atoms with van der Waals surface area (Å²) in [4.78, 5) is 6.83. The van der Waals surface area contributed by atoms with Gasteiger partial charge in [-0.15, -0.1) is 0 Å². The number of nitrogens with zero attached hydrogens (tertiary/aromatic N) is 2. The van der Waals surface area contributed by atoms with Gasteiger partial charge in [-0.3, -0.25) is 4.90 Å². The van der Waals surface area contributed by atoms with E-state index < -0.39 is 0 Å². The molecular weight excluding hydrogens is 260 g/mol. The van der Waals surface area contributed by atoms with E-state index in [1.54, 1.807) is 11.3 Å². The molecule has 5 heteroatoms. The molecule has 0 aliphatic carbocycles. The number of hydrogen-bond acceptors (Lipinski definition) is 5. The van der Waals surface area contributed by atoms with Crippen LogP contribution in [0.15, 0.2) is 21.2 Å². The molecule has 0 aromatic carbocycles. The molecule has 0 saturated carbocycles. The minimum atomic E-state index is -0.197. The highest BCUT2D eigenvalue weighted by molar-refractivity contribution is 7.08. The number of aliphatic hydroxyl groups excluding tert-OH is 1. The number of piperidine rings is 1. The first-order chi connectivity index (χ1) is 9.22. The smallest absolute Gasteiger partial charge is 0.227 e. The highest BCUT2D eigenvalue weighted by atomic mass is 32.1. The number of aromatic nitrogens is 1. The summed E-state index contributed by atoms with van der Waals surface area (Å²) in [7, 11) is 0. The number of aryl methyl sites for hydroxylation is 1. The molecule has 1 atom stereocenters. The minimum absolute atomic E-state index is 0.197. The van der Waals surface area contributed by atoms with E-state index in [0.717, 1.165) is 49.5 Å². The van der Waals surface area contributed by atoms with E-state index in [1.165, 1.54) is 0 Å². The van der Waals surface area contributed by atoms with Gasteiger partial charge >= 0.3 is 0 Å². The molecule has 1 aliphatic heterocycles. The number of β-amino-alcohol motifs (C(OH)–C–C–N with tert-alkyl or cyclic N) is 1. The first kappa shape index (κ1) is 12.8. The van der Waals surface area contributed by atoms with Gasteiger partial charge in [0.15, 0.2) is 0 Å². The highest BCUT2D eigenvalue weighted by Gasteiger charge is 2.20. The van der Waals surface area contributed by atoms with Gasteiger partial charge in [-0.25, -0.2) is 4.98 Å². The van der Waals surface area contributed by atoms with Gasteiger partial charge in [0.05, 0.1) is 11.8 Å². The second-order valence-corrected chi connectivity index (χ2v) is 5.85. The van der Waals surface area contributed by atoms with Crippen LogP contribution in [0.4, 0.5) is 0 Å². The summed E-state index contributed by atoms with van der Waals surface area (Å²) in [6, 6.07) is 2.02. The van der Waals surface area contributed by atoms with Gasteiger partial charge < -0.3 is 9.52 Å². The molecule has 3 rings (SSSR count). The summed E-state index contributed by atoms with van der Waals surface area (Å²) in [5, 5.41) is 13.8. The number of thiophene rings is 1. The third-order valence-corrected chi connectivity index (χ3v) is 4.20. The lowest BCUT2D eigenvalue weighted by molar-refractivity contribution is 0.0660. The molecule has 4 nitrogen and oxygen atoms in total. The van der Waals surface area contributed by atoms with Crippen LogP contribution in [-0.4, -0.2) is 34.2 Å². The van der Waals surface area contributed by atoms with Crippen LogP contribution in [-0.2, 0) is 6.54 Å². The Kier molecular flexibility index (Phi) is 3.68. The van der Waals surface area contributed by atoms with Crippen LogP contribution in [0.5, 0.6) is 0 Å². The fourth-order valence-electron chi connectivity index (χ4n) is 2.47. The van der Waals surface area contributed by atoms with Crippen molar-refractivity contribution in [2.24, 2.45) is 0 Å². The largest absolute Gasteiger partial charge is 0.441 e. The van der Waals surface area contributed by atoms with Gasteiger partial charge in [-0.05, 0) is 37.8 Å². The van der Waals surface area contributed by atoms with E-state index in [1.807, 2.05) is 23.8 Å². The average molecular weight is 278 g/mol. The molecule has 19 heavy (non-hydrogen) atoms. The second-order valence-electron chi connectivity index (χ2n) is 5.07. The lowest BCUT2D eigenvalue weighted by atomic mass is 10.1. The Balaban J connectivity index is 1.74. The average Bonchev–Trinajstić information content (AvgIpc) is 3.00. The van der Waals surface area contributed by atoms with E-state index in [-0.39, 0.29) is 6.10 Å². The maximum Gasteiger partial charge on any atom is 0.227 e. The first-order valence-electron chi connectivity index (χ1n) is 6.61. The van der Waals surface area contributed by atoms with Gasteiger partial charge in [-0.1, -0.05) is 0 Å². The molecule has 1 unspecified atom stereocenters. The number of aliphatic hydroxyl groups is 1. The zero-order valence-electron chi connectivity index (χ0n) is 11.0. The summed E-state index contributed by atoms with van der Waals surface area (Å²) in [5.74, 6) is 1.58. The van der Waals surface area contributed by atoms with Crippen molar-refractivity contribution in [1.29, 1.82) is 0 Å². The topological polar surface area (TPSA) is 49.5 Å². The van der Waals surface area contributed by atoms with Crippen molar-refractivity contribution >= 4 is 11.3 Å². The molecule has 3 heterocycles. The van der Waals surface area contributed by atoms with E-state index in [4.69, 9.17) is 4.42 Å². The maximum absolute atomic E-state index is 9.70. The second kappa shape index (κ2) is 5.45. The predicted octanol–water partition coefficient (Wildman–Crippen LogP) is 2.67. The van der Waals surface area contributed by atoms with E-state index >= 15 is 0 Å². The Morgan fingerprint density at radius 3 is 3.21 bits per heavy atom. The molecule has 1 fully saturated rings. The molecule has 1 saturated heterocycles. The van der Waals surface area contributed by atoms with Crippen LogP contribution in [0.2, 0.25) is 0 Å². The fraction of sp³-hybridized carbons (Fsp3) is 0.500. The van der Waals surface area contributed by atoms with Crippen LogP contribution in [0.3, 0.4) is 0 Å². The van der Waals surface area contributed by atoms with Gasteiger partial charge in [0.1, 0.15) is 5.76 Å². The molecule has 102 valence electrons. The Hall–Kier alpha value is -1.17. The lowest BCUT2D eigenvalue weighted by Gasteiger charge is -2.29. The Morgan fingerprint density at radius 1 is 1.58 bits per heavy atom. The monoisotopic (exact) mass is 278 g/mol. The van der Waals surface area contributed by atoms with Gasteiger partial charge in [0, 0.05) is 24.0 Å². The Labute approximate surface area is 116 Å². The molecular formula is C14H18N2O2S. The fourth-order valence-corrected chi connectivity index (χ4v) is 3.10. The SMILES string of the molecule is Cc1oc(-c2ccsc2)nc1CN1CCCC(O)C1. The third-order valence-electron chi connectivity index (χ3n) is 3.51. The first-order valence-corrected chi connectivity index (χ1v) is 7.56. The summed E-state index contributed by atoms with van der Waals surface area (Å²) in [6.07, 6.45) is 1.77. The van der Waals surface area contributed by atoms with Crippen LogP contribution < -0.4 is 0 Å². The zero-order chi connectivity index (χ0) is 13.2. The van der Waals surface area contributed by atoms with Crippen LogP contribution in [0.25, 0.3) is 11.5 Å². The van der Waals surface area contributed by atoms with E-state index in [9.17, 15) is 5.11 Å². The minimum Gasteiger partial charge on any atom is -0.441 e. The van der Waals surface area contributed by atoms with Crippen molar-refractivity contribution in [2.75, 3.05) is 13.1 Å². The number of likely N-dealkylation sites (tertiary alicyclic amines) is 1. The van der Waals surface area contributed by atoms with E-state index in [2.05, 4.69) is 9.88 Å². The molecule has 1 N–H and O–H groups in total. The zero-order valence-corrected chi connectivity index (χ0v) is 11.8. The van der Waals surface area contributed by atoms with Crippen LogP contribution >= 0.6 is 11.3 Å². The highest BCUT2D eigenvalue weighted by Crippen LogP contribution is 2.25. The molecule has 2 aromatic heterocycles. The van der Waals surface area contributed by atoms with Gasteiger partial charge in [0.2, 0.25) is 5.89 Å². The molecule has 1 aliphatic rings. The summed E-state index contributed by atoms with van der Waals surface area (Å²) < 4.78 is 5.73. The molecule has 0 bridgehead atoms. The summed E-state index contributed by atoms with van der Waals surface area (Å²) in [5.41, 5.74) is 2.02. The standard InChI is InChI=1S/C14H18N2O2S/c1-10-13(8-16-5-2-3-12(17)7-16)15-14(18-10)11-4-6-19-9-11/h4,6,9,12,17H,2-3,5,7-8H2,1H3. The Morgan fingerprint density at radius 2 is 2.47 bits per heavy atom. The van der Waals surface area contributed by atoms with E-state index in [0.29, 0.717) is 5.89 Å². The lowest BCUT2D eigenvalue weighted by Crippen LogP contribution is -2.37. The van der Waals surface area contributed by atoms with Crippen molar-refractivity contribution < 1.29 is 9.52 Å². The molecule has 0 amide bonds. The van der Waals surface area contributed by atoms with Crippen molar-refractivity contribution in [1.82, 2.24) is 9.88 Å². The number of hydrogen-bond donors (Lipinski definition) is 1. The van der Waals surface area contributed by atoms with Crippen molar-refractivity contribution in [3.8, 4) is 11.5 Å². The van der Waals surface area contributed by atoms with Gasteiger partial charge in [0.25, 0.3) is 0 Å². The molecule has 2 aromatic rings. The molecule has 0 radical (unpaired) electrons.